The SMILES string of the molecule is CCOC(=O)[C@@H]1CCC[NH+](Cc2ccccc2OCC)C1. The lowest BCUT2D eigenvalue weighted by molar-refractivity contribution is -0.921. The number of piperidine rings is 1. The molecule has 116 valence electrons. The lowest BCUT2D eigenvalue weighted by Crippen LogP contribution is -3.12. The zero-order chi connectivity index (χ0) is 15.1. The molecule has 0 bridgehead atoms. The summed E-state index contributed by atoms with van der Waals surface area (Å²) in [6.45, 7) is 7.89. The number of rotatable bonds is 6. The standard InChI is InChI=1S/C17H25NO3/c1-3-20-16-10-6-5-8-14(16)12-18-11-7-9-15(13-18)17(19)21-4-2/h5-6,8,10,15H,3-4,7,9,11-13H2,1-2H3/p+1/t15-/m1/s1. The Balaban J connectivity index is 1.98. The van der Waals surface area contributed by atoms with Crippen molar-refractivity contribution in [2.75, 3.05) is 26.3 Å². The first-order valence-electron chi connectivity index (χ1n) is 7.95. The van der Waals surface area contributed by atoms with Gasteiger partial charge in [0.1, 0.15) is 18.2 Å². The van der Waals surface area contributed by atoms with Crippen LogP contribution >= 0.6 is 0 Å². The Kier molecular flexibility index (Phi) is 6.05. The third-order valence-electron chi connectivity index (χ3n) is 3.95. The maximum atomic E-state index is 11.9. The number of carbonyl (C=O) groups excluding carboxylic acids is 1. The second-order valence-electron chi connectivity index (χ2n) is 5.51. The molecule has 4 heteroatoms. The van der Waals surface area contributed by atoms with Crippen molar-refractivity contribution in [2.45, 2.75) is 33.2 Å². The molecule has 2 rings (SSSR count). The maximum Gasteiger partial charge on any atom is 0.314 e. The molecule has 0 saturated carbocycles. The van der Waals surface area contributed by atoms with Crippen LogP contribution in [0.1, 0.15) is 32.3 Å². The fourth-order valence-corrected chi connectivity index (χ4v) is 2.99. The van der Waals surface area contributed by atoms with Gasteiger partial charge in [-0.05, 0) is 38.8 Å². The fourth-order valence-electron chi connectivity index (χ4n) is 2.99. The zero-order valence-corrected chi connectivity index (χ0v) is 13.1. The van der Waals surface area contributed by atoms with E-state index in [1.54, 1.807) is 0 Å². The molecule has 1 aliphatic rings. The summed E-state index contributed by atoms with van der Waals surface area (Å²) in [6.07, 6.45) is 2.03. The average molecular weight is 292 g/mol. The van der Waals surface area contributed by atoms with Gasteiger partial charge in [0.2, 0.25) is 0 Å². The lowest BCUT2D eigenvalue weighted by atomic mass is 9.97. The van der Waals surface area contributed by atoms with Gasteiger partial charge < -0.3 is 14.4 Å². The molecule has 1 heterocycles. The van der Waals surface area contributed by atoms with Gasteiger partial charge in [-0.25, -0.2) is 0 Å². The van der Waals surface area contributed by atoms with Crippen molar-refractivity contribution < 1.29 is 19.2 Å². The van der Waals surface area contributed by atoms with Crippen molar-refractivity contribution in [3.63, 3.8) is 0 Å². The van der Waals surface area contributed by atoms with Crippen molar-refractivity contribution >= 4 is 5.97 Å². The first-order chi connectivity index (χ1) is 10.2. The molecule has 1 aromatic rings. The highest BCUT2D eigenvalue weighted by molar-refractivity contribution is 5.72. The number of quaternary nitrogens is 1. The minimum atomic E-state index is -0.0345. The maximum absolute atomic E-state index is 11.9. The highest BCUT2D eigenvalue weighted by atomic mass is 16.5. The topological polar surface area (TPSA) is 40.0 Å². The fraction of sp³-hybridized carbons (Fsp3) is 0.588. The number of hydrogen-bond acceptors (Lipinski definition) is 3. The molecule has 0 amide bonds. The van der Waals surface area contributed by atoms with Crippen molar-refractivity contribution in [1.82, 2.24) is 0 Å². The van der Waals surface area contributed by atoms with Crippen molar-refractivity contribution in [3.05, 3.63) is 29.8 Å². The van der Waals surface area contributed by atoms with Gasteiger partial charge in [0.05, 0.1) is 26.3 Å². The Hall–Kier alpha value is -1.55. The Bertz CT molecular complexity index is 461. The number of nitrogens with one attached hydrogen (secondary N) is 1. The lowest BCUT2D eigenvalue weighted by Gasteiger charge is -2.29. The van der Waals surface area contributed by atoms with E-state index in [0.717, 1.165) is 38.2 Å². The molecule has 0 spiro atoms. The van der Waals surface area contributed by atoms with E-state index < -0.39 is 0 Å². The molecular weight excluding hydrogens is 266 g/mol. The van der Waals surface area contributed by atoms with Gasteiger partial charge >= 0.3 is 5.97 Å². The normalized spacial score (nSPS) is 21.8. The average Bonchev–Trinajstić information content (AvgIpc) is 2.50. The van der Waals surface area contributed by atoms with Crippen LogP contribution in [-0.2, 0) is 16.1 Å². The Morgan fingerprint density at radius 2 is 2.10 bits per heavy atom. The van der Waals surface area contributed by atoms with E-state index in [1.165, 1.54) is 10.5 Å². The molecule has 1 aromatic carbocycles. The predicted molar refractivity (Wildman–Crippen MR) is 81.4 cm³/mol. The molecule has 0 aliphatic carbocycles. The molecular formula is C17H26NO3+. The van der Waals surface area contributed by atoms with E-state index in [0.29, 0.717) is 13.2 Å². The second-order valence-corrected chi connectivity index (χ2v) is 5.51. The molecule has 4 nitrogen and oxygen atoms in total. The van der Waals surface area contributed by atoms with Crippen LogP contribution in [0.5, 0.6) is 5.75 Å². The van der Waals surface area contributed by atoms with E-state index in [1.807, 2.05) is 32.0 Å². The Labute approximate surface area is 127 Å². The van der Waals surface area contributed by atoms with Crippen molar-refractivity contribution in [1.29, 1.82) is 0 Å². The number of hydrogen-bond donors (Lipinski definition) is 1. The van der Waals surface area contributed by atoms with Crippen LogP contribution < -0.4 is 9.64 Å². The summed E-state index contributed by atoms with van der Waals surface area (Å²) in [5, 5.41) is 0. The minimum absolute atomic E-state index is 0.0345. The highest BCUT2D eigenvalue weighted by Crippen LogP contribution is 2.17. The van der Waals surface area contributed by atoms with Gasteiger partial charge in [-0.1, -0.05) is 12.1 Å². The van der Waals surface area contributed by atoms with Crippen LogP contribution in [0.25, 0.3) is 0 Å². The van der Waals surface area contributed by atoms with Gasteiger partial charge in [0.25, 0.3) is 0 Å². The predicted octanol–water partition coefficient (Wildman–Crippen LogP) is 1.44. The summed E-state index contributed by atoms with van der Waals surface area (Å²) in [7, 11) is 0. The zero-order valence-electron chi connectivity index (χ0n) is 13.1. The van der Waals surface area contributed by atoms with Gasteiger partial charge in [0, 0.05) is 5.56 Å². The Morgan fingerprint density at radius 1 is 1.29 bits per heavy atom. The van der Waals surface area contributed by atoms with Crippen LogP contribution in [0.2, 0.25) is 0 Å². The molecule has 1 fully saturated rings. The van der Waals surface area contributed by atoms with E-state index >= 15 is 0 Å². The Morgan fingerprint density at radius 3 is 2.86 bits per heavy atom. The number of carbonyl (C=O) groups is 1. The van der Waals surface area contributed by atoms with Crippen LogP contribution in [-0.4, -0.2) is 32.3 Å². The number of benzene rings is 1. The summed E-state index contributed by atoms with van der Waals surface area (Å²) in [4.78, 5) is 13.3. The second kappa shape index (κ2) is 8.03. The molecule has 0 aromatic heterocycles. The van der Waals surface area contributed by atoms with Crippen molar-refractivity contribution in [3.8, 4) is 5.75 Å². The third-order valence-corrected chi connectivity index (χ3v) is 3.95. The molecule has 1 saturated heterocycles. The summed E-state index contributed by atoms with van der Waals surface area (Å²) in [6, 6.07) is 8.18. The van der Waals surface area contributed by atoms with Crippen LogP contribution in [0.4, 0.5) is 0 Å². The van der Waals surface area contributed by atoms with Crippen LogP contribution in [0, 0.1) is 5.92 Å². The highest BCUT2D eigenvalue weighted by Gasteiger charge is 2.30. The van der Waals surface area contributed by atoms with E-state index in [2.05, 4.69) is 6.07 Å². The quantitative estimate of drug-likeness (QED) is 0.807. The van der Waals surface area contributed by atoms with E-state index in [-0.39, 0.29) is 11.9 Å². The number of para-hydroxylation sites is 1. The number of ether oxygens (including phenoxy) is 2. The smallest absolute Gasteiger partial charge is 0.314 e. The largest absolute Gasteiger partial charge is 0.493 e. The first-order valence-corrected chi connectivity index (χ1v) is 7.95. The van der Waals surface area contributed by atoms with Gasteiger partial charge in [-0.2, -0.15) is 0 Å². The third kappa shape index (κ3) is 4.46. The van der Waals surface area contributed by atoms with Crippen molar-refractivity contribution in [2.24, 2.45) is 5.92 Å². The van der Waals surface area contributed by atoms with Crippen LogP contribution in [0.15, 0.2) is 24.3 Å². The monoisotopic (exact) mass is 292 g/mol. The van der Waals surface area contributed by atoms with E-state index in [4.69, 9.17) is 9.47 Å². The number of esters is 1. The molecule has 0 radical (unpaired) electrons. The van der Waals surface area contributed by atoms with Gasteiger partial charge in [0.15, 0.2) is 0 Å². The first kappa shape index (κ1) is 15.8. The summed E-state index contributed by atoms with van der Waals surface area (Å²) in [5.41, 5.74) is 1.22. The summed E-state index contributed by atoms with van der Waals surface area (Å²) < 4.78 is 10.9. The van der Waals surface area contributed by atoms with Gasteiger partial charge in [-0.15, -0.1) is 0 Å². The molecule has 1 unspecified atom stereocenters. The molecule has 1 aliphatic heterocycles. The molecule has 2 atom stereocenters. The van der Waals surface area contributed by atoms with E-state index in [9.17, 15) is 4.79 Å². The summed E-state index contributed by atoms with van der Waals surface area (Å²) >= 11 is 0. The molecule has 1 N–H and O–H groups in total. The minimum Gasteiger partial charge on any atom is -0.493 e. The number of likely N-dealkylation sites (tertiary alicyclic amines) is 1. The van der Waals surface area contributed by atoms with Crippen LogP contribution in [0.3, 0.4) is 0 Å². The molecule has 21 heavy (non-hydrogen) atoms. The summed E-state index contributed by atoms with van der Waals surface area (Å²) in [5.74, 6) is 0.978. The van der Waals surface area contributed by atoms with Gasteiger partial charge in [-0.3, -0.25) is 4.79 Å².